The number of piperazine rings is 1. The Balaban J connectivity index is 1.96. The minimum atomic E-state index is -0.355. The average molecular weight is 270 g/mol. The van der Waals surface area contributed by atoms with Crippen molar-refractivity contribution >= 4 is 23.6 Å². The van der Waals surface area contributed by atoms with Crippen LogP contribution in [0.4, 0.5) is 0 Å². The molecule has 2 fully saturated rings. The fraction of sp³-hybridized carbons (Fsp3) is 0.846. The first-order valence-electron chi connectivity index (χ1n) is 6.83. The van der Waals surface area contributed by atoms with E-state index in [0.717, 1.165) is 37.3 Å². The fourth-order valence-corrected chi connectivity index (χ4v) is 3.12. The molecular weight excluding hydrogens is 248 g/mol. The lowest BCUT2D eigenvalue weighted by atomic mass is 10.0. The van der Waals surface area contributed by atoms with E-state index in [-0.39, 0.29) is 23.9 Å². The normalized spacial score (nSPS) is 28.4. The predicted molar refractivity (Wildman–Crippen MR) is 73.4 cm³/mol. The minimum Gasteiger partial charge on any atom is -0.343 e. The first-order valence-corrected chi connectivity index (χ1v) is 7.99. The van der Waals surface area contributed by atoms with Crippen molar-refractivity contribution < 1.29 is 9.59 Å². The van der Waals surface area contributed by atoms with Crippen LogP contribution in [0, 0.1) is 5.92 Å². The van der Waals surface area contributed by atoms with Crippen molar-refractivity contribution in [2.24, 2.45) is 5.92 Å². The molecule has 1 saturated heterocycles. The van der Waals surface area contributed by atoms with Crippen molar-refractivity contribution in [3.8, 4) is 0 Å². The highest BCUT2D eigenvalue weighted by Crippen LogP contribution is 2.37. The van der Waals surface area contributed by atoms with Gasteiger partial charge in [0.2, 0.25) is 11.8 Å². The number of carbonyl (C=O) groups excluding carboxylic acids is 2. The molecule has 0 aromatic carbocycles. The van der Waals surface area contributed by atoms with E-state index < -0.39 is 0 Å². The van der Waals surface area contributed by atoms with E-state index in [2.05, 4.69) is 12.2 Å². The molecule has 1 aliphatic heterocycles. The molecule has 1 aliphatic carbocycles. The van der Waals surface area contributed by atoms with Crippen LogP contribution in [0.3, 0.4) is 0 Å². The molecule has 102 valence electrons. The monoisotopic (exact) mass is 270 g/mol. The second-order valence-electron chi connectivity index (χ2n) is 5.09. The van der Waals surface area contributed by atoms with Crippen LogP contribution in [-0.2, 0) is 9.59 Å². The summed E-state index contributed by atoms with van der Waals surface area (Å²) in [5.74, 6) is 2.71. The first kappa shape index (κ1) is 13.7. The Kier molecular flexibility index (Phi) is 4.54. The van der Waals surface area contributed by atoms with Gasteiger partial charge in [-0.15, -0.1) is 0 Å². The van der Waals surface area contributed by atoms with Gasteiger partial charge in [-0.25, -0.2) is 0 Å². The van der Waals surface area contributed by atoms with Crippen LogP contribution in [0.2, 0.25) is 0 Å². The fourth-order valence-electron chi connectivity index (χ4n) is 2.50. The lowest BCUT2D eigenvalue weighted by molar-refractivity contribution is -0.149. The summed E-state index contributed by atoms with van der Waals surface area (Å²) in [6, 6.07) is -0.549. The van der Waals surface area contributed by atoms with Gasteiger partial charge >= 0.3 is 0 Å². The lowest BCUT2D eigenvalue weighted by Crippen LogP contribution is -2.63. The Morgan fingerprint density at radius 3 is 2.72 bits per heavy atom. The van der Waals surface area contributed by atoms with Crippen molar-refractivity contribution in [2.75, 3.05) is 18.1 Å². The van der Waals surface area contributed by atoms with Crippen molar-refractivity contribution in [3.63, 3.8) is 0 Å². The molecule has 4 nitrogen and oxygen atoms in total. The molecule has 0 radical (unpaired) electrons. The van der Waals surface area contributed by atoms with E-state index in [4.69, 9.17) is 0 Å². The molecular formula is C13H22N2O2S. The number of carbonyl (C=O) groups is 2. The zero-order valence-corrected chi connectivity index (χ0v) is 12.0. The Morgan fingerprint density at radius 1 is 1.39 bits per heavy atom. The summed E-state index contributed by atoms with van der Waals surface area (Å²) in [7, 11) is 0. The summed E-state index contributed by atoms with van der Waals surface area (Å²) in [6.07, 6.45) is 3.15. The van der Waals surface area contributed by atoms with Gasteiger partial charge in [0.05, 0.1) is 0 Å². The van der Waals surface area contributed by atoms with Gasteiger partial charge in [0.1, 0.15) is 12.1 Å². The molecule has 2 aliphatic rings. The molecule has 2 atom stereocenters. The van der Waals surface area contributed by atoms with E-state index in [1.807, 2.05) is 16.7 Å². The summed E-state index contributed by atoms with van der Waals surface area (Å²) in [5.41, 5.74) is 0. The van der Waals surface area contributed by atoms with Crippen molar-refractivity contribution in [1.82, 2.24) is 10.2 Å². The molecule has 1 N–H and O–H groups in total. The smallest absolute Gasteiger partial charge is 0.245 e. The van der Waals surface area contributed by atoms with Crippen LogP contribution in [0.5, 0.6) is 0 Å². The van der Waals surface area contributed by atoms with E-state index in [0.29, 0.717) is 5.92 Å². The maximum atomic E-state index is 12.2. The maximum absolute atomic E-state index is 12.2. The second-order valence-corrected chi connectivity index (χ2v) is 6.49. The average Bonchev–Trinajstić information content (AvgIpc) is 3.14. The van der Waals surface area contributed by atoms with Crippen molar-refractivity contribution in [1.29, 1.82) is 0 Å². The van der Waals surface area contributed by atoms with Gasteiger partial charge in [0.15, 0.2) is 0 Å². The third kappa shape index (κ3) is 2.99. The maximum Gasteiger partial charge on any atom is 0.245 e. The predicted octanol–water partition coefficient (Wildman–Crippen LogP) is 1.26. The summed E-state index contributed by atoms with van der Waals surface area (Å²) in [5, 5.41) is 2.80. The zero-order chi connectivity index (χ0) is 13.1. The van der Waals surface area contributed by atoms with Gasteiger partial charge in [-0.3, -0.25) is 9.59 Å². The molecule has 0 aromatic heterocycles. The molecule has 1 saturated carbocycles. The lowest BCUT2D eigenvalue weighted by Gasteiger charge is -2.38. The van der Waals surface area contributed by atoms with Crippen LogP contribution in [-0.4, -0.2) is 46.8 Å². The Morgan fingerprint density at radius 2 is 2.11 bits per heavy atom. The summed E-state index contributed by atoms with van der Waals surface area (Å²) < 4.78 is 0. The van der Waals surface area contributed by atoms with Gasteiger partial charge in [-0.1, -0.05) is 6.92 Å². The highest BCUT2D eigenvalue weighted by atomic mass is 32.2. The second kappa shape index (κ2) is 5.95. The highest BCUT2D eigenvalue weighted by Gasteiger charge is 2.46. The van der Waals surface area contributed by atoms with Crippen LogP contribution in [0.25, 0.3) is 0 Å². The molecule has 2 amide bonds. The third-order valence-electron chi connectivity index (χ3n) is 3.58. The molecule has 1 heterocycles. The van der Waals surface area contributed by atoms with Crippen molar-refractivity contribution in [3.05, 3.63) is 0 Å². The Bertz CT molecular complexity index is 331. The summed E-state index contributed by atoms with van der Waals surface area (Å²) in [6.45, 7) is 4.64. The molecule has 0 spiro atoms. The number of nitrogens with one attached hydrogen (secondary N) is 1. The molecule has 0 aromatic rings. The minimum absolute atomic E-state index is 0.0488. The SMILES string of the molecule is CCSCCCN1C(=O)C(C)NC(=O)C1C1CC1. The van der Waals surface area contributed by atoms with E-state index in [1.54, 1.807) is 6.92 Å². The molecule has 5 heteroatoms. The first-order chi connectivity index (χ1) is 8.65. The quantitative estimate of drug-likeness (QED) is 0.739. The highest BCUT2D eigenvalue weighted by molar-refractivity contribution is 7.99. The number of hydrogen-bond donors (Lipinski definition) is 1. The largest absolute Gasteiger partial charge is 0.343 e. The summed E-state index contributed by atoms with van der Waals surface area (Å²) >= 11 is 1.89. The van der Waals surface area contributed by atoms with Gasteiger partial charge < -0.3 is 10.2 Å². The van der Waals surface area contributed by atoms with Gasteiger partial charge in [0.25, 0.3) is 0 Å². The summed E-state index contributed by atoms with van der Waals surface area (Å²) in [4.78, 5) is 26.0. The standard InChI is InChI=1S/C13H22N2O2S/c1-3-18-8-4-7-15-11(10-5-6-10)12(16)14-9(2)13(15)17/h9-11H,3-8H2,1-2H3,(H,14,16). The van der Waals surface area contributed by atoms with Gasteiger partial charge in [0, 0.05) is 6.54 Å². The Labute approximate surface area is 113 Å². The number of rotatable bonds is 6. The van der Waals surface area contributed by atoms with Crippen LogP contribution in [0.1, 0.15) is 33.1 Å². The van der Waals surface area contributed by atoms with Crippen LogP contribution < -0.4 is 5.32 Å². The number of thioether (sulfide) groups is 1. The topological polar surface area (TPSA) is 49.4 Å². The zero-order valence-electron chi connectivity index (χ0n) is 11.1. The number of nitrogens with zero attached hydrogens (tertiary/aromatic N) is 1. The molecule has 2 unspecified atom stereocenters. The molecule has 2 rings (SSSR count). The van der Waals surface area contributed by atoms with Crippen LogP contribution >= 0.6 is 11.8 Å². The molecule has 0 bridgehead atoms. The molecule has 18 heavy (non-hydrogen) atoms. The van der Waals surface area contributed by atoms with Crippen molar-refractivity contribution in [2.45, 2.75) is 45.2 Å². The van der Waals surface area contributed by atoms with Gasteiger partial charge in [-0.05, 0) is 43.6 Å². The number of hydrogen-bond acceptors (Lipinski definition) is 3. The van der Waals surface area contributed by atoms with E-state index in [1.165, 1.54) is 0 Å². The van der Waals surface area contributed by atoms with E-state index in [9.17, 15) is 9.59 Å². The Hall–Kier alpha value is -0.710. The van der Waals surface area contributed by atoms with Crippen LogP contribution in [0.15, 0.2) is 0 Å². The van der Waals surface area contributed by atoms with Gasteiger partial charge in [-0.2, -0.15) is 11.8 Å². The third-order valence-corrected chi connectivity index (χ3v) is 4.56. The van der Waals surface area contributed by atoms with E-state index >= 15 is 0 Å². The number of amides is 2.